The Balaban J connectivity index is 2.35. The minimum atomic E-state index is -0.0703. The summed E-state index contributed by atoms with van der Waals surface area (Å²) in [5, 5.41) is 8.79. The Morgan fingerprint density at radius 3 is 2.92 bits per heavy atom. The van der Waals surface area contributed by atoms with Crippen LogP contribution in [0.2, 0.25) is 4.34 Å². The Hall–Kier alpha value is -0.840. The Bertz CT molecular complexity index is 410. The lowest BCUT2D eigenvalue weighted by molar-refractivity contribution is 0.272. The van der Waals surface area contributed by atoms with Crippen molar-refractivity contribution in [3.63, 3.8) is 0 Å². The number of hydrogen-bond acceptors (Lipinski definition) is 3. The van der Waals surface area contributed by atoms with Crippen molar-refractivity contribution < 1.29 is 5.11 Å². The van der Waals surface area contributed by atoms with Gasteiger partial charge in [-0.05, 0) is 12.1 Å². The van der Waals surface area contributed by atoms with Crippen LogP contribution in [0.15, 0.2) is 18.3 Å². The number of aromatic amines is 1. The van der Waals surface area contributed by atoms with Crippen molar-refractivity contribution in [3.8, 4) is 10.6 Å². The molecule has 2 aromatic heterocycles. The number of aliphatic hydroxyl groups excluding tert-OH is 1. The Labute approximate surface area is 84.0 Å². The summed E-state index contributed by atoms with van der Waals surface area (Å²) in [6.45, 7) is -0.0703. The highest BCUT2D eigenvalue weighted by Crippen LogP contribution is 2.29. The number of nitrogens with one attached hydrogen (secondary N) is 1. The van der Waals surface area contributed by atoms with Gasteiger partial charge in [0.15, 0.2) is 0 Å². The first-order valence-electron chi connectivity index (χ1n) is 3.70. The lowest BCUT2D eigenvalue weighted by Crippen LogP contribution is -1.83. The van der Waals surface area contributed by atoms with Crippen molar-refractivity contribution >= 4 is 22.9 Å². The predicted octanol–water partition coefficient (Wildman–Crippen LogP) is 2.28. The number of hydrogen-bond donors (Lipinski definition) is 2. The van der Waals surface area contributed by atoms with Crippen LogP contribution in [0.1, 0.15) is 5.82 Å². The summed E-state index contributed by atoms with van der Waals surface area (Å²) in [7, 11) is 0. The summed E-state index contributed by atoms with van der Waals surface area (Å²) in [5.74, 6) is 0.569. The molecular weight excluding hydrogens is 208 g/mol. The maximum Gasteiger partial charge on any atom is 0.132 e. The summed E-state index contributed by atoms with van der Waals surface area (Å²) in [6.07, 6.45) is 1.69. The molecule has 3 nitrogen and oxygen atoms in total. The summed E-state index contributed by atoms with van der Waals surface area (Å²) in [5.41, 5.74) is 0.890. The van der Waals surface area contributed by atoms with E-state index in [1.165, 1.54) is 11.3 Å². The van der Waals surface area contributed by atoms with Gasteiger partial charge in [0.25, 0.3) is 0 Å². The van der Waals surface area contributed by atoms with E-state index >= 15 is 0 Å². The van der Waals surface area contributed by atoms with Crippen LogP contribution in [-0.4, -0.2) is 15.1 Å². The molecule has 5 heteroatoms. The molecular formula is C8H7ClN2OS. The predicted molar refractivity (Wildman–Crippen MR) is 52.8 cm³/mol. The van der Waals surface area contributed by atoms with Gasteiger partial charge in [-0.2, -0.15) is 0 Å². The van der Waals surface area contributed by atoms with Crippen LogP contribution in [-0.2, 0) is 6.61 Å². The molecule has 0 unspecified atom stereocenters. The quantitative estimate of drug-likeness (QED) is 0.806. The average Bonchev–Trinajstić information content (AvgIpc) is 2.71. The van der Waals surface area contributed by atoms with Crippen LogP contribution in [0.4, 0.5) is 0 Å². The molecule has 0 aliphatic rings. The third kappa shape index (κ3) is 1.75. The van der Waals surface area contributed by atoms with Crippen LogP contribution in [0.25, 0.3) is 10.6 Å². The van der Waals surface area contributed by atoms with Crippen molar-refractivity contribution in [1.82, 2.24) is 9.97 Å². The molecule has 68 valence electrons. The van der Waals surface area contributed by atoms with Crippen LogP contribution >= 0.6 is 22.9 Å². The first-order valence-corrected chi connectivity index (χ1v) is 4.89. The van der Waals surface area contributed by atoms with Crippen LogP contribution in [0.5, 0.6) is 0 Å². The van der Waals surface area contributed by atoms with E-state index in [0.29, 0.717) is 5.82 Å². The van der Waals surface area contributed by atoms with Crippen LogP contribution in [0.3, 0.4) is 0 Å². The van der Waals surface area contributed by atoms with E-state index in [1.54, 1.807) is 6.20 Å². The van der Waals surface area contributed by atoms with Gasteiger partial charge in [0, 0.05) is 0 Å². The third-order valence-electron chi connectivity index (χ3n) is 1.62. The van der Waals surface area contributed by atoms with Gasteiger partial charge < -0.3 is 10.1 Å². The fraction of sp³-hybridized carbons (Fsp3) is 0.125. The molecule has 2 rings (SSSR count). The first-order chi connectivity index (χ1) is 6.29. The molecule has 0 aliphatic carbocycles. The number of imidazole rings is 1. The largest absolute Gasteiger partial charge is 0.388 e. The molecule has 0 bridgehead atoms. The molecule has 0 aliphatic heterocycles. The number of aliphatic hydroxyl groups is 1. The van der Waals surface area contributed by atoms with E-state index in [-0.39, 0.29) is 6.61 Å². The van der Waals surface area contributed by atoms with E-state index in [2.05, 4.69) is 9.97 Å². The van der Waals surface area contributed by atoms with Gasteiger partial charge >= 0.3 is 0 Å². The Morgan fingerprint density at radius 2 is 2.38 bits per heavy atom. The summed E-state index contributed by atoms with van der Waals surface area (Å²) >= 11 is 7.26. The molecule has 2 aromatic rings. The number of thiophene rings is 1. The number of nitrogens with zero attached hydrogens (tertiary/aromatic N) is 1. The van der Waals surface area contributed by atoms with Gasteiger partial charge in [-0.3, -0.25) is 0 Å². The maximum atomic E-state index is 8.79. The second kappa shape index (κ2) is 3.49. The van der Waals surface area contributed by atoms with Gasteiger partial charge in [0.05, 0.1) is 21.1 Å². The summed E-state index contributed by atoms with van der Waals surface area (Å²) in [6, 6.07) is 3.75. The van der Waals surface area contributed by atoms with Crippen molar-refractivity contribution in [1.29, 1.82) is 0 Å². The third-order valence-corrected chi connectivity index (χ3v) is 2.88. The second-order valence-corrected chi connectivity index (χ2v) is 4.22. The minimum absolute atomic E-state index is 0.0703. The SMILES string of the molecule is OCc1ncc(-c2ccc(Cl)s2)[nH]1. The molecule has 0 fully saturated rings. The monoisotopic (exact) mass is 214 g/mol. The number of H-pyrrole nitrogens is 1. The molecule has 0 atom stereocenters. The van der Waals surface area contributed by atoms with Crippen molar-refractivity contribution in [3.05, 3.63) is 28.5 Å². The normalized spacial score (nSPS) is 10.6. The topological polar surface area (TPSA) is 48.9 Å². The lowest BCUT2D eigenvalue weighted by Gasteiger charge is -1.88. The van der Waals surface area contributed by atoms with Crippen LogP contribution < -0.4 is 0 Å². The fourth-order valence-corrected chi connectivity index (χ4v) is 2.04. The van der Waals surface area contributed by atoms with E-state index in [9.17, 15) is 0 Å². The highest BCUT2D eigenvalue weighted by atomic mass is 35.5. The Kier molecular flexibility index (Phi) is 2.35. The van der Waals surface area contributed by atoms with Gasteiger partial charge in [-0.1, -0.05) is 11.6 Å². The molecule has 0 saturated carbocycles. The first kappa shape index (κ1) is 8.74. The zero-order valence-electron chi connectivity index (χ0n) is 6.62. The van der Waals surface area contributed by atoms with E-state index < -0.39 is 0 Å². The number of rotatable bonds is 2. The molecule has 0 spiro atoms. The van der Waals surface area contributed by atoms with E-state index in [0.717, 1.165) is 14.9 Å². The summed E-state index contributed by atoms with van der Waals surface area (Å²) in [4.78, 5) is 7.99. The smallest absolute Gasteiger partial charge is 0.132 e. The molecule has 0 amide bonds. The molecule has 2 N–H and O–H groups in total. The standard InChI is InChI=1S/C8H7ClN2OS/c9-7-2-1-6(13-7)5-3-10-8(4-12)11-5/h1-3,12H,4H2,(H,10,11). The van der Waals surface area contributed by atoms with E-state index in [4.69, 9.17) is 16.7 Å². The molecule has 0 saturated heterocycles. The maximum absolute atomic E-state index is 8.79. The number of halogens is 1. The number of aromatic nitrogens is 2. The zero-order valence-corrected chi connectivity index (χ0v) is 8.19. The van der Waals surface area contributed by atoms with Gasteiger partial charge in [0.1, 0.15) is 12.4 Å². The van der Waals surface area contributed by atoms with Crippen molar-refractivity contribution in [2.75, 3.05) is 0 Å². The van der Waals surface area contributed by atoms with Gasteiger partial charge in [0.2, 0.25) is 0 Å². The van der Waals surface area contributed by atoms with Gasteiger partial charge in [-0.25, -0.2) is 4.98 Å². The highest BCUT2D eigenvalue weighted by molar-refractivity contribution is 7.19. The lowest BCUT2D eigenvalue weighted by atomic mass is 10.4. The van der Waals surface area contributed by atoms with Gasteiger partial charge in [-0.15, -0.1) is 11.3 Å². The van der Waals surface area contributed by atoms with E-state index in [1.807, 2.05) is 12.1 Å². The Morgan fingerprint density at radius 1 is 1.54 bits per heavy atom. The molecule has 0 aromatic carbocycles. The average molecular weight is 215 g/mol. The van der Waals surface area contributed by atoms with Crippen molar-refractivity contribution in [2.45, 2.75) is 6.61 Å². The molecule has 0 radical (unpaired) electrons. The van der Waals surface area contributed by atoms with Crippen molar-refractivity contribution in [2.24, 2.45) is 0 Å². The summed E-state index contributed by atoms with van der Waals surface area (Å²) < 4.78 is 0.746. The van der Waals surface area contributed by atoms with Crippen LogP contribution in [0, 0.1) is 0 Å². The zero-order chi connectivity index (χ0) is 9.26. The fourth-order valence-electron chi connectivity index (χ4n) is 1.03. The highest BCUT2D eigenvalue weighted by Gasteiger charge is 2.04. The minimum Gasteiger partial charge on any atom is -0.388 e. The second-order valence-electron chi connectivity index (χ2n) is 2.51. The molecule has 2 heterocycles. The molecule has 13 heavy (non-hydrogen) atoms.